The number of likely N-dealkylation sites (tertiary alicyclic amines) is 1. The number of carbonyl (C=O) groups excluding carboxylic acids is 1. The zero-order chi connectivity index (χ0) is 18.8. The molecule has 4 nitrogen and oxygen atoms in total. The van der Waals surface area contributed by atoms with Crippen LogP contribution in [-0.2, 0) is 11.2 Å². The molecule has 2 aromatic carbocycles. The predicted octanol–water partition coefficient (Wildman–Crippen LogP) is 3.19. The van der Waals surface area contributed by atoms with Crippen molar-refractivity contribution in [3.05, 3.63) is 65.5 Å². The number of methoxy groups -OCH3 is 1. The third-order valence-corrected chi connectivity index (χ3v) is 5.88. The Morgan fingerprint density at radius 3 is 2.89 bits per heavy atom. The SMILES string of the molecule is COc1ccccc1CCC(=O)N1C[C@@H]2CNC[C@@H]2[C@H]1c1cccc(F)c1. The number of benzene rings is 2. The van der Waals surface area contributed by atoms with Gasteiger partial charge in [-0.05, 0) is 41.7 Å². The summed E-state index contributed by atoms with van der Waals surface area (Å²) in [5.74, 6) is 1.48. The molecule has 142 valence electrons. The average Bonchev–Trinajstić information content (AvgIpc) is 3.27. The fourth-order valence-corrected chi connectivity index (χ4v) is 4.59. The van der Waals surface area contributed by atoms with E-state index >= 15 is 0 Å². The smallest absolute Gasteiger partial charge is 0.223 e. The summed E-state index contributed by atoms with van der Waals surface area (Å²) in [7, 11) is 1.65. The number of para-hydroxylation sites is 1. The molecule has 0 bridgehead atoms. The summed E-state index contributed by atoms with van der Waals surface area (Å²) in [5.41, 5.74) is 1.94. The Balaban J connectivity index is 1.53. The van der Waals surface area contributed by atoms with Crippen molar-refractivity contribution in [2.45, 2.75) is 18.9 Å². The molecule has 0 aromatic heterocycles. The Morgan fingerprint density at radius 1 is 1.22 bits per heavy atom. The van der Waals surface area contributed by atoms with E-state index in [1.165, 1.54) is 6.07 Å². The highest BCUT2D eigenvalue weighted by molar-refractivity contribution is 5.77. The van der Waals surface area contributed by atoms with Gasteiger partial charge in [0.15, 0.2) is 0 Å². The molecule has 27 heavy (non-hydrogen) atoms. The van der Waals surface area contributed by atoms with Gasteiger partial charge in [0.25, 0.3) is 0 Å². The van der Waals surface area contributed by atoms with Gasteiger partial charge >= 0.3 is 0 Å². The number of hydrogen-bond donors (Lipinski definition) is 1. The van der Waals surface area contributed by atoms with E-state index in [-0.39, 0.29) is 17.8 Å². The molecular formula is C22H25FN2O2. The van der Waals surface area contributed by atoms with Crippen molar-refractivity contribution < 1.29 is 13.9 Å². The van der Waals surface area contributed by atoms with Gasteiger partial charge < -0.3 is 15.0 Å². The van der Waals surface area contributed by atoms with Crippen LogP contribution in [0.1, 0.15) is 23.6 Å². The summed E-state index contributed by atoms with van der Waals surface area (Å²) in [4.78, 5) is 15.1. The number of carbonyl (C=O) groups is 1. The predicted molar refractivity (Wildman–Crippen MR) is 102 cm³/mol. The zero-order valence-corrected chi connectivity index (χ0v) is 15.5. The van der Waals surface area contributed by atoms with Crippen LogP contribution in [-0.4, -0.2) is 37.6 Å². The molecular weight excluding hydrogens is 343 g/mol. The number of ether oxygens (including phenoxy) is 1. The highest BCUT2D eigenvalue weighted by Crippen LogP contribution is 2.43. The van der Waals surface area contributed by atoms with Crippen LogP contribution in [0.4, 0.5) is 4.39 Å². The van der Waals surface area contributed by atoms with Crippen LogP contribution in [0, 0.1) is 17.7 Å². The first-order chi connectivity index (χ1) is 13.2. The Labute approximate surface area is 159 Å². The second-order valence-electron chi connectivity index (χ2n) is 7.44. The van der Waals surface area contributed by atoms with Gasteiger partial charge in [-0.3, -0.25) is 4.79 Å². The van der Waals surface area contributed by atoms with Gasteiger partial charge in [0, 0.05) is 32.0 Å². The first-order valence-corrected chi connectivity index (χ1v) is 9.55. The van der Waals surface area contributed by atoms with Crippen molar-refractivity contribution in [1.82, 2.24) is 10.2 Å². The van der Waals surface area contributed by atoms with E-state index in [0.717, 1.165) is 36.5 Å². The first-order valence-electron chi connectivity index (χ1n) is 9.55. The number of halogens is 1. The minimum atomic E-state index is -0.247. The molecule has 0 spiro atoms. The number of fused-ring (bicyclic) bond motifs is 1. The van der Waals surface area contributed by atoms with Crippen LogP contribution < -0.4 is 10.1 Å². The van der Waals surface area contributed by atoms with Crippen LogP contribution in [0.2, 0.25) is 0 Å². The number of hydrogen-bond acceptors (Lipinski definition) is 3. The number of nitrogens with zero attached hydrogens (tertiary/aromatic N) is 1. The first kappa shape index (κ1) is 18.0. The summed E-state index contributed by atoms with van der Waals surface area (Å²) in [6.45, 7) is 2.54. The van der Waals surface area contributed by atoms with Gasteiger partial charge in [-0.15, -0.1) is 0 Å². The van der Waals surface area contributed by atoms with E-state index in [2.05, 4.69) is 5.32 Å². The van der Waals surface area contributed by atoms with Gasteiger partial charge in [-0.1, -0.05) is 30.3 Å². The van der Waals surface area contributed by atoms with Gasteiger partial charge in [-0.25, -0.2) is 4.39 Å². The van der Waals surface area contributed by atoms with Crippen LogP contribution >= 0.6 is 0 Å². The molecule has 0 unspecified atom stereocenters. The monoisotopic (exact) mass is 368 g/mol. The largest absolute Gasteiger partial charge is 0.496 e. The molecule has 1 N–H and O–H groups in total. The van der Waals surface area contributed by atoms with Crippen LogP contribution in [0.3, 0.4) is 0 Å². The molecule has 0 saturated carbocycles. The van der Waals surface area contributed by atoms with Crippen molar-refractivity contribution in [1.29, 1.82) is 0 Å². The average molecular weight is 368 g/mol. The highest BCUT2D eigenvalue weighted by atomic mass is 19.1. The molecule has 4 rings (SSSR count). The number of rotatable bonds is 5. The Morgan fingerprint density at radius 2 is 2.07 bits per heavy atom. The summed E-state index contributed by atoms with van der Waals surface area (Å²) >= 11 is 0. The van der Waals surface area contributed by atoms with Crippen molar-refractivity contribution >= 4 is 5.91 Å². The maximum Gasteiger partial charge on any atom is 0.223 e. The second kappa shape index (κ2) is 7.69. The van der Waals surface area contributed by atoms with Crippen molar-refractivity contribution in [3.8, 4) is 5.75 Å². The summed E-state index contributed by atoms with van der Waals surface area (Å²) in [6, 6.07) is 14.5. The van der Waals surface area contributed by atoms with Gasteiger partial charge in [0.05, 0.1) is 13.2 Å². The highest BCUT2D eigenvalue weighted by Gasteiger charge is 2.46. The Hall–Kier alpha value is -2.40. The summed E-state index contributed by atoms with van der Waals surface area (Å²) < 4.78 is 19.2. The molecule has 0 aliphatic carbocycles. The standard InChI is InChI=1S/C22H25FN2O2/c1-27-20-8-3-2-5-15(20)9-10-21(26)25-14-17-12-24-13-19(17)22(25)16-6-4-7-18(23)11-16/h2-8,11,17,19,22,24H,9-10,12-14H2,1H3/t17-,19-,22+/m0/s1. The van der Waals surface area contributed by atoms with E-state index in [4.69, 9.17) is 4.74 Å². The van der Waals surface area contributed by atoms with E-state index in [1.807, 2.05) is 35.2 Å². The number of amides is 1. The lowest BCUT2D eigenvalue weighted by molar-refractivity contribution is -0.132. The number of aryl methyl sites for hydroxylation is 1. The molecule has 2 aliphatic rings. The van der Waals surface area contributed by atoms with Crippen LogP contribution in [0.15, 0.2) is 48.5 Å². The fraction of sp³-hybridized carbons (Fsp3) is 0.409. The topological polar surface area (TPSA) is 41.6 Å². The van der Waals surface area contributed by atoms with E-state index < -0.39 is 0 Å². The molecule has 2 saturated heterocycles. The second-order valence-corrected chi connectivity index (χ2v) is 7.44. The summed E-state index contributed by atoms with van der Waals surface area (Å²) in [5, 5.41) is 3.42. The lowest BCUT2D eigenvalue weighted by Gasteiger charge is -2.28. The minimum Gasteiger partial charge on any atom is -0.496 e. The molecule has 0 radical (unpaired) electrons. The lowest BCUT2D eigenvalue weighted by atomic mass is 9.89. The molecule has 1 amide bonds. The third kappa shape index (κ3) is 3.56. The fourth-order valence-electron chi connectivity index (χ4n) is 4.59. The van der Waals surface area contributed by atoms with E-state index in [1.54, 1.807) is 19.2 Å². The Kier molecular flexibility index (Phi) is 5.12. The minimum absolute atomic E-state index is 0.0501. The molecule has 2 aliphatic heterocycles. The van der Waals surface area contributed by atoms with Crippen molar-refractivity contribution in [3.63, 3.8) is 0 Å². The van der Waals surface area contributed by atoms with Crippen molar-refractivity contribution in [2.24, 2.45) is 11.8 Å². The van der Waals surface area contributed by atoms with Gasteiger partial charge in [-0.2, -0.15) is 0 Å². The van der Waals surface area contributed by atoms with Gasteiger partial charge in [0.2, 0.25) is 5.91 Å². The van der Waals surface area contributed by atoms with Crippen molar-refractivity contribution in [2.75, 3.05) is 26.7 Å². The molecule has 2 aromatic rings. The van der Waals surface area contributed by atoms with Crippen LogP contribution in [0.25, 0.3) is 0 Å². The van der Waals surface area contributed by atoms with E-state index in [9.17, 15) is 9.18 Å². The molecule has 5 heteroatoms. The van der Waals surface area contributed by atoms with Gasteiger partial charge in [0.1, 0.15) is 11.6 Å². The van der Waals surface area contributed by atoms with E-state index in [0.29, 0.717) is 24.7 Å². The Bertz CT molecular complexity index is 825. The summed E-state index contributed by atoms with van der Waals surface area (Å²) in [6.07, 6.45) is 1.07. The maximum absolute atomic E-state index is 13.8. The maximum atomic E-state index is 13.8. The lowest BCUT2D eigenvalue weighted by Crippen LogP contribution is -2.34. The molecule has 2 heterocycles. The normalized spacial score (nSPS) is 24.1. The third-order valence-electron chi connectivity index (χ3n) is 5.88. The molecule has 3 atom stereocenters. The van der Waals surface area contributed by atoms with Crippen LogP contribution in [0.5, 0.6) is 5.75 Å². The number of nitrogens with one attached hydrogen (secondary N) is 1. The quantitative estimate of drug-likeness (QED) is 0.881. The zero-order valence-electron chi connectivity index (χ0n) is 15.5. The molecule has 2 fully saturated rings.